The van der Waals surface area contributed by atoms with Crippen LogP contribution in [0.15, 0.2) is 70.8 Å². The highest BCUT2D eigenvalue weighted by atomic mass is 32.2. The van der Waals surface area contributed by atoms with Crippen molar-refractivity contribution in [2.45, 2.75) is 17.1 Å². The van der Waals surface area contributed by atoms with Crippen LogP contribution < -0.4 is 9.64 Å². The quantitative estimate of drug-likeness (QED) is 0.783. The second-order valence-corrected chi connectivity index (χ2v) is 8.82. The van der Waals surface area contributed by atoms with Gasteiger partial charge in [0.05, 0.1) is 25.0 Å². The van der Waals surface area contributed by atoms with Gasteiger partial charge in [-0.25, -0.2) is 13.4 Å². The molecule has 1 aliphatic carbocycles. The van der Waals surface area contributed by atoms with Crippen LogP contribution in [0.4, 0.5) is 5.69 Å². The Bertz CT molecular complexity index is 1070. The third-order valence-electron chi connectivity index (χ3n) is 4.80. The molecule has 2 unspecified atom stereocenters. The predicted molar refractivity (Wildman–Crippen MR) is 112 cm³/mol. The smallest absolute Gasteiger partial charge is 0.192 e. The molecule has 0 amide bonds. The molecule has 1 N–H and O–H groups in total. The highest BCUT2D eigenvalue weighted by molar-refractivity contribution is 7.90. The Kier molecular flexibility index (Phi) is 5.21. The van der Waals surface area contributed by atoms with Crippen LogP contribution in [0.3, 0.4) is 0 Å². The van der Waals surface area contributed by atoms with Gasteiger partial charge in [-0.05, 0) is 53.6 Å². The number of anilines is 1. The number of fused-ring (bicyclic) bond motifs is 1. The number of hydrogen-bond acceptors (Lipinski definition) is 7. The molecule has 2 aliphatic rings. The number of hydrogen-bond donors (Lipinski definition) is 1. The van der Waals surface area contributed by atoms with E-state index in [4.69, 9.17) is 9.84 Å². The van der Waals surface area contributed by atoms with Crippen molar-refractivity contribution in [2.75, 3.05) is 24.4 Å². The van der Waals surface area contributed by atoms with Crippen LogP contribution in [-0.2, 0) is 9.84 Å². The average Bonchev–Trinajstić information content (AvgIpc) is 3.15. The molecule has 1 aliphatic heterocycles. The number of aliphatic hydroxyl groups excluding tert-OH is 1. The van der Waals surface area contributed by atoms with E-state index in [-0.39, 0.29) is 30.3 Å². The lowest BCUT2D eigenvalue weighted by Gasteiger charge is -2.27. The summed E-state index contributed by atoms with van der Waals surface area (Å²) >= 11 is 0. The number of aliphatic hydroxyl groups is 1. The Morgan fingerprint density at radius 1 is 1.17 bits per heavy atom. The second kappa shape index (κ2) is 7.81. The van der Waals surface area contributed by atoms with Crippen molar-refractivity contribution in [1.29, 1.82) is 0 Å². The maximum absolute atomic E-state index is 11.6. The molecular formula is C21H21N3O4S. The topological polar surface area (TPSA) is 92.1 Å². The molecule has 29 heavy (non-hydrogen) atoms. The van der Waals surface area contributed by atoms with Crippen molar-refractivity contribution in [3.05, 3.63) is 66.4 Å². The zero-order valence-electron chi connectivity index (χ0n) is 15.8. The Morgan fingerprint density at radius 3 is 2.62 bits per heavy atom. The first kappa shape index (κ1) is 19.4. The summed E-state index contributed by atoms with van der Waals surface area (Å²) in [7, 11) is -3.31. The number of sulfone groups is 1. The fourth-order valence-corrected chi connectivity index (χ4v) is 3.91. The highest BCUT2D eigenvalue weighted by Crippen LogP contribution is 2.31. The number of benzene rings is 1. The van der Waals surface area contributed by atoms with Gasteiger partial charge in [-0.3, -0.25) is 4.99 Å². The van der Waals surface area contributed by atoms with E-state index in [1.54, 1.807) is 12.3 Å². The maximum atomic E-state index is 11.6. The summed E-state index contributed by atoms with van der Waals surface area (Å²) < 4.78 is 28.6. The van der Waals surface area contributed by atoms with Crippen LogP contribution in [0, 0.1) is 0 Å². The molecule has 4 rings (SSSR count). The number of allylic oxidation sites excluding steroid dienone is 2. The van der Waals surface area contributed by atoms with Gasteiger partial charge in [0, 0.05) is 18.1 Å². The Balaban J connectivity index is 1.49. The van der Waals surface area contributed by atoms with E-state index in [1.807, 2.05) is 36.7 Å². The van der Waals surface area contributed by atoms with E-state index in [2.05, 4.69) is 27.0 Å². The summed E-state index contributed by atoms with van der Waals surface area (Å²) in [5, 5.41) is 8.91. The zero-order valence-corrected chi connectivity index (χ0v) is 16.7. The minimum absolute atomic E-state index is 0.0176. The molecule has 2 aromatic rings. The summed E-state index contributed by atoms with van der Waals surface area (Å²) in [4.78, 5) is 10.8. The first-order chi connectivity index (χ1) is 14.0. The lowest BCUT2D eigenvalue weighted by molar-refractivity contribution is 0.201. The lowest BCUT2D eigenvalue weighted by atomic mass is 9.94. The largest absolute Gasteiger partial charge is 0.491 e. The van der Waals surface area contributed by atoms with Crippen molar-refractivity contribution < 1.29 is 18.3 Å². The van der Waals surface area contributed by atoms with Gasteiger partial charge in [0.1, 0.15) is 12.4 Å². The lowest BCUT2D eigenvalue weighted by Crippen LogP contribution is -2.35. The third-order valence-corrected chi connectivity index (χ3v) is 5.80. The SMILES string of the molecule is CS(=O)(=O)c1ccc(C2=CC3N=CN(c4ccc(OCCO)cc4)C3C=C2)cn1. The van der Waals surface area contributed by atoms with Gasteiger partial charge in [-0.15, -0.1) is 0 Å². The number of nitrogens with zero attached hydrogens (tertiary/aromatic N) is 3. The molecule has 7 nitrogen and oxygen atoms in total. The van der Waals surface area contributed by atoms with E-state index in [1.165, 1.54) is 6.07 Å². The molecular weight excluding hydrogens is 390 g/mol. The van der Waals surface area contributed by atoms with Gasteiger partial charge in [0.25, 0.3) is 0 Å². The fraction of sp³-hybridized carbons (Fsp3) is 0.238. The molecule has 8 heteroatoms. The van der Waals surface area contributed by atoms with E-state index in [0.29, 0.717) is 5.75 Å². The van der Waals surface area contributed by atoms with Gasteiger partial charge in [0.15, 0.2) is 14.9 Å². The molecule has 1 aromatic carbocycles. The number of aliphatic imine (C=N–C) groups is 1. The van der Waals surface area contributed by atoms with E-state index >= 15 is 0 Å². The van der Waals surface area contributed by atoms with Gasteiger partial charge < -0.3 is 14.7 Å². The van der Waals surface area contributed by atoms with Crippen molar-refractivity contribution in [1.82, 2.24) is 4.98 Å². The number of ether oxygens (including phenoxy) is 1. The van der Waals surface area contributed by atoms with Crippen LogP contribution in [0.2, 0.25) is 0 Å². The highest BCUT2D eigenvalue weighted by Gasteiger charge is 2.30. The molecule has 2 heterocycles. The van der Waals surface area contributed by atoms with Crippen LogP contribution in [0.5, 0.6) is 5.75 Å². The Morgan fingerprint density at radius 2 is 1.97 bits per heavy atom. The Labute approximate surface area is 169 Å². The molecule has 0 radical (unpaired) electrons. The molecule has 0 saturated heterocycles. The van der Waals surface area contributed by atoms with Crippen molar-refractivity contribution in [3.63, 3.8) is 0 Å². The standard InChI is InChI=1S/C21H21N3O4S/c1-29(26,27)21-9-3-16(13-22-21)15-2-8-20-19(12-15)23-14-24(20)17-4-6-18(7-5-17)28-11-10-25/h2-9,12-14,19-20,25H,10-11H2,1H3. The van der Waals surface area contributed by atoms with E-state index < -0.39 is 9.84 Å². The molecule has 150 valence electrons. The van der Waals surface area contributed by atoms with Gasteiger partial charge in [0.2, 0.25) is 0 Å². The van der Waals surface area contributed by atoms with Gasteiger partial charge in [-0.2, -0.15) is 0 Å². The normalized spacial score (nSPS) is 20.5. The van der Waals surface area contributed by atoms with E-state index in [0.717, 1.165) is 23.1 Å². The van der Waals surface area contributed by atoms with Crippen LogP contribution in [0.1, 0.15) is 5.56 Å². The first-order valence-corrected chi connectivity index (χ1v) is 11.1. The van der Waals surface area contributed by atoms with Crippen LogP contribution >= 0.6 is 0 Å². The van der Waals surface area contributed by atoms with E-state index in [9.17, 15) is 8.42 Å². The Hall–Kier alpha value is -2.97. The van der Waals surface area contributed by atoms with Crippen molar-refractivity contribution in [3.8, 4) is 5.75 Å². The van der Waals surface area contributed by atoms with Gasteiger partial charge in [-0.1, -0.05) is 12.2 Å². The maximum Gasteiger partial charge on any atom is 0.192 e. The molecule has 0 spiro atoms. The van der Waals surface area contributed by atoms with Crippen LogP contribution in [0.25, 0.3) is 5.57 Å². The molecule has 0 bridgehead atoms. The summed E-state index contributed by atoms with van der Waals surface area (Å²) in [6, 6.07) is 11.0. The third kappa shape index (κ3) is 4.08. The zero-order chi connectivity index (χ0) is 20.4. The minimum Gasteiger partial charge on any atom is -0.491 e. The second-order valence-electron chi connectivity index (χ2n) is 6.86. The summed E-state index contributed by atoms with van der Waals surface area (Å²) in [5.74, 6) is 0.710. The summed E-state index contributed by atoms with van der Waals surface area (Å²) in [6.45, 7) is 0.252. The number of rotatable bonds is 6. The number of aromatic nitrogens is 1. The molecule has 0 saturated carbocycles. The predicted octanol–water partition coefficient (Wildman–Crippen LogP) is 2.10. The monoisotopic (exact) mass is 411 g/mol. The fourth-order valence-electron chi connectivity index (χ4n) is 3.35. The summed E-state index contributed by atoms with van der Waals surface area (Å²) in [6.07, 6.45) is 10.7. The van der Waals surface area contributed by atoms with Crippen LogP contribution in [-0.4, -0.2) is 56.4 Å². The van der Waals surface area contributed by atoms with Crippen molar-refractivity contribution in [2.24, 2.45) is 4.99 Å². The molecule has 0 fully saturated rings. The van der Waals surface area contributed by atoms with Crippen molar-refractivity contribution >= 4 is 27.4 Å². The number of pyridine rings is 1. The minimum atomic E-state index is -3.31. The molecule has 2 atom stereocenters. The van der Waals surface area contributed by atoms with Gasteiger partial charge >= 0.3 is 0 Å². The summed E-state index contributed by atoms with van der Waals surface area (Å²) in [5.41, 5.74) is 2.81. The average molecular weight is 411 g/mol. The first-order valence-electron chi connectivity index (χ1n) is 9.17. The molecule has 1 aromatic heterocycles.